The number of nitrogens with one attached hydrogen (secondary N) is 1. The standard InChI is InChI=1S/C9H9N3O2/c1-5-2-3-7-6(4-5)8(13)12(10)9(14)11-7/h2-4H,10H2,1H3,(H,11,14). The van der Waals surface area contributed by atoms with Crippen LogP contribution in [0.3, 0.4) is 0 Å². The number of aromatic nitrogens is 2. The van der Waals surface area contributed by atoms with Crippen molar-refractivity contribution >= 4 is 10.9 Å². The maximum Gasteiger partial charge on any atom is 0.347 e. The van der Waals surface area contributed by atoms with Gasteiger partial charge in [-0.1, -0.05) is 11.6 Å². The lowest BCUT2D eigenvalue weighted by molar-refractivity contribution is 0.856. The van der Waals surface area contributed by atoms with Crippen LogP contribution in [0.5, 0.6) is 0 Å². The van der Waals surface area contributed by atoms with Gasteiger partial charge in [0, 0.05) is 0 Å². The van der Waals surface area contributed by atoms with E-state index in [-0.39, 0.29) is 0 Å². The molecular weight excluding hydrogens is 182 g/mol. The average Bonchev–Trinajstić information content (AvgIpc) is 2.16. The van der Waals surface area contributed by atoms with Crippen LogP contribution < -0.4 is 17.1 Å². The maximum atomic E-state index is 11.5. The van der Waals surface area contributed by atoms with Crippen molar-refractivity contribution in [3.63, 3.8) is 0 Å². The molecule has 0 amide bonds. The molecule has 0 bridgehead atoms. The van der Waals surface area contributed by atoms with E-state index in [0.717, 1.165) is 5.56 Å². The SMILES string of the molecule is Cc1ccc2[nH]c(=O)n(N)c(=O)c2c1. The number of rotatable bonds is 0. The Balaban J connectivity index is 3.07. The molecule has 1 heterocycles. The van der Waals surface area contributed by atoms with Crippen molar-refractivity contribution in [2.45, 2.75) is 6.92 Å². The van der Waals surface area contributed by atoms with Crippen LogP contribution in [0.4, 0.5) is 0 Å². The lowest BCUT2D eigenvalue weighted by Crippen LogP contribution is -2.40. The van der Waals surface area contributed by atoms with E-state index in [1.165, 1.54) is 0 Å². The molecule has 5 nitrogen and oxygen atoms in total. The van der Waals surface area contributed by atoms with Crippen molar-refractivity contribution in [3.05, 3.63) is 44.6 Å². The van der Waals surface area contributed by atoms with Gasteiger partial charge in [0.25, 0.3) is 5.56 Å². The van der Waals surface area contributed by atoms with Crippen molar-refractivity contribution in [1.29, 1.82) is 0 Å². The smallest absolute Gasteiger partial charge is 0.332 e. The van der Waals surface area contributed by atoms with Gasteiger partial charge >= 0.3 is 5.69 Å². The van der Waals surface area contributed by atoms with Gasteiger partial charge in [0.05, 0.1) is 10.9 Å². The van der Waals surface area contributed by atoms with Crippen molar-refractivity contribution in [2.75, 3.05) is 5.84 Å². The Morgan fingerprint density at radius 1 is 1.36 bits per heavy atom. The van der Waals surface area contributed by atoms with Crippen LogP contribution >= 0.6 is 0 Å². The molecule has 0 fully saturated rings. The second-order valence-electron chi connectivity index (χ2n) is 3.15. The van der Waals surface area contributed by atoms with Crippen molar-refractivity contribution < 1.29 is 0 Å². The monoisotopic (exact) mass is 191 g/mol. The highest BCUT2D eigenvalue weighted by molar-refractivity contribution is 5.77. The number of fused-ring (bicyclic) bond motifs is 1. The first-order chi connectivity index (χ1) is 6.59. The van der Waals surface area contributed by atoms with E-state index in [1.807, 2.05) is 13.0 Å². The van der Waals surface area contributed by atoms with Crippen LogP contribution in [0.1, 0.15) is 5.56 Å². The first-order valence-corrected chi connectivity index (χ1v) is 4.10. The highest BCUT2D eigenvalue weighted by atomic mass is 16.2. The van der Waals surface area contributed by atoms with Gasteiger partial charge < -0.3 is 10.8 Å². The summed E-state index contributed by atoms with van der Waals surface area (Å²) < 4.78 is 0.571. The molecule has 3 N–H and O–H groups in total. The van der Waals surface area contributed by atoms with Gasteiger partial charge in [-0.3, -0.25) is 4.79 Å². The minimum Gasteiger partial charge on any atom is -0.332 e. The fourth-order valence-corrected chi connectivity index (χ4v) is 1.34. The predicted molar refractivity (Wildman–Crippen MR) is 53.7 cm³/mol. The molecule has 0 saturated heterocycles. The van der Waals surface area contributed by atoms with Gasteiger partial charge in [-0.25, -0.2) is 4.79 Å². The lowest BCUT2D eigenvalue weighted by atomic mass is 10.2. The average molecular weight is 191 g/mol. The van der Waals surface area contributed by atoms with Crippen LogP contribution in [0.25, 0.3) is 10.9 Å². The van der Waals surface area contributed by atoms with E-state index in [1.54, 1.807) is 12.1 Å². The number of nitrogens with two attached hydrogens (primary N) is 1. The van der Waals surface area contributed by atoms with E-state index in [0.29, 0.717) is 15.6 Å². The zero-order valence-corrected chi connectivity index (χ0v) is 7.57. The van der Waals surface area contributed by atoms with Gasteiger partial charge in [0.1, 0.15) is 0 Å². The second kappa shape index (κ2) is 2.73. The third kappa shape index (κ3) is 1.10. The predicted octanol–water partition coefficient (Wildman–Crippen LogP) is -0.288. The molecule has 0 radical (unpaired) electrons. The number of nitrogens with zero attached hydrogens (tertiary/aromatic N) is 1. The minimum atomic E-state index is -0.605. The molecule has 72 valence electrons. The Morgan fingerprint density at radius 2 is 2.07 bits per heavy atom. The van der Waals surface area contributed by atoms with E-state index < -0.39 is 11.2 Å². The molecule has 0 saturated carbocycles. The number of nitrogen functional groups attached to an aromatic ring is 1. The summed E-state index contributed by atoms with van der Waals surface area (Å²) in [5, 5.41) is 0.423. The zero-order valence-electron chi connectivity index (χ0n) is 7.57. The Bertz CT molecular complexity index is 609. The van der Waals surface area contributed by atoms with Crippen LogP contribution in [-0.4, -0.2) is 9.66 Å². The largest absolute Gasteiger partial charge is 0.347 e. The lowest BCUT2D eigenvalue weighted by Gasteiger charge is -2.00. The highest BCUT2D eigenvalue weighted by Gasteiger charge is 2.03. The number of aryl methyl sites for hydroxylation is 1. The van der Waals surface area contributed by atoms with E-state index in [9.17, 15) is 9.59 Å². The van der Waals surface area contributed by atoms with Crippen LogP contribution in [0, 0.1) is 6.92 Å². The van der Waals surface area contributed by atoms with E-state index >= 15 is 0 Å². The zero-order chi connectivity index (χ0) is 10.3. The van der Waals surface area contributed by atoms with Gasteiger partial charge in [-0.15, -0.1) is 0 Å². The van der Waals surface area contributed by atoms with Gasteiger partial charge in [0.15, 0.2) is 0 Å². The third-order valence-electron chi connectivity index (χ3n) is 2.08. The summed E-state index contributed by atoms with van der Waals surface area (Å²) in [4.78, 5) is 25.1. The van der Waals surface area contributed by atoms with Gasteiger partial charge in [0.2, 0.25) is 0 Å². The summed E-state index contributed by atoms with van der Waals surface area (Å²) in [7, 11) is 0. The van der Waals surface area contributed by atoms with Crippen LogP contribution in [-0.2, 0) is 0 Å². The molecule has 0 aliphatic rings. The Morgan fingerprint density at radius 3 is 2.79 bits per heavy atom. The molecule has 0 unspecified atom stereocenters. The van der Waals surface area contributed by atoms with Gasteiger partial charge in [-0.2, -0.15) is 4.68 Å². The number of benzene rings is 1. The quantitative estimate of drug-likeness (QED) is 0.561. The molecule has 1 aromatic carbocycles. The molecule has 2 aromatic rings. The topological polar surface area (TPSA) is 80.9 Å². The summed E-state index contributed by atoms with van der Waals surface area (Å²) in [6.45, 7) is 1.87. The molecule has 1 aromatic heterocycles. The molecule has 0 atom stereocenters. The van der Waals surface area contributed by atoms with E-state index in [4.69, 9.17) is 5.84 Å². The maximum absolute atomic E-state index is 11.5. The molecule has 0 aliphatic carbocycles. The number of aromatic amines is 1. The van der Waals surface area contributed by atoms with Crippen molar-refractivity contribution in [3.8, 4) is 0 Å². The Kier molecular flexibility index (Phi) is 1.67. The van der Waals surface area contributed by atoms with Gasteiger partial charge in [-0.05, 0) is 19.1 Å². The van der Waals surface area contributed by atoms with Crippen LogP contribution in [0.15, 0.2) is 27.8 Å². The second-order valence-corrected chi connectivity index (χ2v) is 3.15. The molecule has 14 heavy (non-hydrogen) atoms. The molecular formula is C9H9N3O2. The van der Waals surface area contributed by atoms with Crippen molar-refractivity contribution in [1.82, 2.24) is 9.66 Å². The molecule has 2 rings (SSSR count). The summed E-state index contributed by atoms with van der Waals surface area (Å²) in [6, 6.07) is 5.20. The normalized spacial score (nSPS) is 10.6. The fourth-order valence-electron chi connectivity index (χ4n) is 1.34. The fraction of sp³-hybridized carbons (Fsp3) is 0.111. The van der Waals surface area contributed by atoms with Crippen molar-refractivity contribution in [2.24, 2.45) is 0 Å². The van der Waals surface area contributed by atoms with Crippen LogP contribution in [0.2, 0.25) is 0 Å². The Labute approximate surface area is 78.8 Å². The summed E-state index contributed by atoms with van der Waals surface area (Å²) in [5.74, 6) is 5.26. The molecule has 0 aliphatic heterocycles. The summed E-state index contributed by atoms with van der Waals surface area (Å²) >= 11 is 0. The number of hydrogen-bond donors (Lipinski definition) is 2. The Hall–Kier alpha value is -2.04. The third-order valence-corrected chi connectivity index (χ3v) is 2.08. The van der Waals surface area contributed by atoms with E-state index in [2.05, 4.69) is 4.98 Å². The molecule has 5 heteroatoms. The summed E-state index contributed by atoms with van der Waals surface area (Å²) in [6.07, 6.45) is 0. The molecule has 0 spiro atoms. The minimum absolute atomic E-state index is 0.423. The first kappa shape index (κ1) is 8.55. The number of H-pyrrole nitrogens is 1. The summed E-state index contributed by atoms with van der Waals surface area (Å²) in [5.41, 5.74) is 0.368. The highest BCUT2D eigenvalue weighted by Crippen LogP contribution is 2.06. The first-order valence-electron chi connectivity index (χ1n) is 4.10. The number of hydrogen-bond acceptors (Lipinski definition) is 3.